The van der Waals surface area contributed by atoms with Crippen LogP contribution >= 0.6 is 0 Å². The number of hydrogen-bond donors (Lipinski definition) is 1. The van der Waals surface area contributed by atoms with Crippen LogP contribution in [0.4, 0.5) is 0 Å². The Bertz CT molecular complexity index is 525. The summed E-state index contributed by atoms with van der Waals surface area (Å²) in [4.78, 5) is 4.51. The van der Waals surface area contributed by atoms with E-state index in [-0.39, 0.29) is 6.04 Å². The molecule has 0 radical (unpaired) electrons. The molecule has 2 rings (SSSR count). The molecule has 4 nitrogen and oxygen atoms in total. The maximum atomic E-state index is 5.55. The number of fused-ring (bicyclic) bond motifs is 1. The van der Waals surface area contributed by atoms with Gasteiger partial charge in [-0.2, -0.15) is 0 Å². The maximum Gasteiger partial charge on any atom is 0.0749 e. The zero-order chi connectivity index (χ0) is 14.2. The van der Waals surface area contributed by atoms with Gasteiger partial charge in [-0.15, -0.1) is 0 Å². The quantitative estimate of drug-likeness (QED) is 0.751. The third-order valence-corrected chi connectivity index (χ3v) is 3.37. The Morgan fingerprint density at radius 2 is 2.00 bits per heavy atom. The van der Waals surface area contributed by atoms with Crippen molar-refractivity contribution in [3.05, 3.63) is 42.1 Å². The second kappa shape index (κ2) is 7.94. The van der Waals surface area contributed by atoms with Crippen LogP contribution in [0, 0.1) is 0 Å². The lowest BCUT2D eigenvalue weighted by Gasteiger charge is -2.18. The number of pyridine rings is 1. The van der Waals surface area contributed by atoms with Gasteiger partial charge in [0.2, 0.25) is 0 Å². The third-order valence-electron chi connectivity index (χ3n) is 3.37. The third kappa shape index (κ3) is 3.76. The van der Waals surface area contributed by atoms with Crippen molar-refractivity contribution < 1.29 is 9.47 Å². The molecule has 1 atom stereocenters. The molecular formula is C16H22N2O2. The Morgan fingerprint density at radius 1 is 1.15 bits per heavy atom. The second-order valence-electron chi connectivity index (χ2n) is 4.66. The van der Waals surface area contributed by atoms with Crippen LogP contribution in [0.2, 0.25) is 0 Å². The monoisotopic (exact) mass is 274 g/mol. The highest BCUT2D eigenvalue weighted by molar-refractivity contribution is 5.81. The zero-order valence-electron chi connectivity index (χ0n) is 12.1. The molecule has 1 aromatic heterocycles. The van der Waals surface area contributed by atoms with Gasteiger partial charge in [0.15, 0.2) is 0 Å². The van der Waals surface area contributed by atoms with E-state index in [1.807, 2.05) is 19.3 Å². The van der Waals surface area contributed by atoms with Crippen molar-refractivity contribution in [2.75, 3.05) is 34.0 Å². The first-order chi connectivity index (χ1) is 9.86. The predicted molar refractivity (Wildman–Crippen MR) is 80.9 cm³/mol. The standard InChI is InChI=1S/C16H22N2O2/c1-17-15(8-10-20-12-11-19-2)14-7-3-5-13-6-4-9-18-16(13)14/h3-7,9,15,17H,8,10-12H2,1-2H3. The minimum atomic E-state index is 0.246. The summed E-state index contributed by atoms with van der Waals surface area (Å²) in [7, 11) is 3.66. The van der Waals surface area contributed by atoms with Crippen LogP contribution in [0.1, 0.15) is 18.0 Å². The molecule has 4 heteroatoms. The summed E-state index contributed by atoms with van der Waals surface area (Å²) in [5.74, 6) is 0. The summed E-state index contributed by atoms with van der Waals surface area (Å²) in [5.41, 5.74) is 2.28. The summed E-state index contributed by atoms with van der Waals surface area (Å²) >= 11 is 0. The van der Waals surface area contributed by atoms with Crippen molar-refractivity contribution in [3.8, 4) is 0 Å². The molecule has 1 unspecified atom stereocenters. The molecule has 1 heterocycles. The van der Waals surface area contributed by atoms with E-state index in [1.165, 1.54) is 10.9 Å². The molecule has 0 aliphatic rings. The molecule has 20 heavy (non-hydrogen) atoms. The van der Waals surface area contributed by atoms with Gasteiger partial charge in [0.25, 0.3) is 0 Å². The molecular weight excluding hydrogens is 252 g/mol. The molecule has 1 N–H and O–H groups in total. The number of nitrogens with zero attached hydrogens (tertiary/aromatic N) is 1. The van der Waals surface area contributed by atoms with Crippen molar-refractivity contribution in [1.82, 2.24) is 10.3 Å². The maximum absolute atomic E-state index is 5.55. The molecule has 0 saturated carbocycles. The van der Waals surface area contributed by atoms with Crippen LogP contribution in [0.3, 0.4) is 0 Å². The summed E-state index contributed by atoms with van der Waals surface area (Å²) < 4.78 is 10.5. The molecule has 0 fully saturated rings. The molecule has 0 saturated heterocycles. The molecule has 0 aliphatic heterocycles. The normalized spacial score (nSPS) is 12.7. The lowest BCUT2D eigenvalue weighted by molar-refractivity contribution is 0.0661. The average molecular weight is 274 g/mol. The zero-order valence-corrected chi connectivity index (χ0v) is 12.1. The average Bonchev–Trinajstić information content (AvgIpc) is 2.51. The minimum Gasteiger partial charge on any atom is -0.382 e. The van der Waals surface area contributed by atoms with Crippen molar-refractivity contribution in [2.45, 2.75) is 12.5 Å². The topological polar surface area (TPSA) is 43.4 Å². The highest BCUT2D eigenvalue weighted by Crippen LogP contribution is 2.24. The number of aromatic nitrogens is 1. The van der Waals surface area contributed by atoms with Crippen LogP contribution in [-0.2, 0) is 9.47 Å². The fourth-order valence-corrected chi connectivity index (χ4v) is 2.31. The van der Waals surface area contributed by atoms with E-state index in [4.69, 9.17) is 9.47 Å². The van der Waals surface area contributed by atoms with E-state index in [0.717, 1.165) is 11.9 Å². The number of hydrogen-bond acceptors (Lipinski definition) is 4. The van der Waals surface area contributed by atoms with E-state index in [2.05, 4.69) is 34.6 Å². The molecule has 0 bridgehead atoms. The molecule has 108 valence electrons. The van der Waals surface area contributed by atoms with Gasteiger partial charge in [-0.25, -0.2) is 0 Å². The highest BCUT2D eigenvalue weighted by Gasteiger charge is 2.12. The minimum absolute atomic E-state index is 0.246. The van der Waals surface area contributed by atoms with Gasteiger partial charge >= 0.3 is 0 Å². The van der Waals surface area contributed by atoms with E-state index in [0.29, 0.717) is 19.8 Å². The van der Waals surface area contributed by atoms with Gasteiger partial charge in [0, 0.05) is 31.3 Å². The molecule has 0 aliphatic carbocycles. The molecule has 0 amide bonds. The van der Waals surface area contributed by atoms with Crippen molar-refractivity contribution in [3.63, 3.8) is 0 Å². The lowest BCUT2D eigenvalue weighted by atomic mass is 10.0. The number of ether oxygens (including phenoxy) is 2. The Labute approximate surface area is 120 Å². The summed E-state index contributed by atoms with van der Waals surface area (Å²) in [6.45, 7) is 1.98. The van der Waals surface area contributed by atoms with E-state index < -0.39 is 0 Å². The number of nitrogens with one attached hydrogen (secondary N) is 1. The predicted octanol–water partition coefficient (Wildman–Crippen LogP) is 2.55. The van der Waals surface area contributed by atoms with E-state index in [1.54, 1.807) is 7.11 Å². The fourth-order valence-electron chi connectivity index (χ4n) is 2.31. The Kier molecular flexibility index (Phi) is 5.92. The number of para-hydroxylation sites is 1. The van der Waals surface area contributed by atoms with Crippen LogP contribution < -0.4 is 5.32 Å². The Balaban J connectivity index is 2.05. The van der Waals surface area contributed by atoms with E-state index in [9.17, 15) is 0 Å². The van der Waals surface area contributed by atoms with Crippen LogP contribution in [0.5, 0.6) is 0 Å². The van der Waals surface area contributed by atoms with Gasteiger partial charge in [0.05, 0.1) is 18.7 Å². The summed E-state index contributed by atoms with van der Waals surface area (Å²) in [6.07, 6.45) is 2.75. The first-order valence-corrected chi connectivity index (χ1v) is 6.94. The van der Waals surface area contributed by atoms with E-state index >= 15 is 0 Å². The Hall–Kier alpha value is -1.49. The van der Waals surface area contributed by atoms with Gasteiger partial charge in [-0.3, -0.25) is 4.98 Å². The van der Waals surface area contributed by atoms with Crippen LogP contribution in [0.15, 0.2) is 36.5 Å². The number of rotatable bonds is 8. The van der Waals surface area contributed by atoms with Gasteiger partial charge in [0.1, 0.15) is 0 Å². The van der Waals surface area contributed by atoms with Crippen LogP contribution in [-0.4, -0.2) is 39.0 Å². The van der Waals surface area contributed by atoms with Gasteiger partial charge < -0.3 is 14.8 Å². The summed E-state index contributed by atoms with van der Waals surface area (Å²) in [5, 5.41) is 4.52. The van der Waals surface area contributed by atoms with Crippen LogP contribution in [0.25, 0.3) is 10.9 Å². The number of benzene rings is 1. The highest BCUT2D eigenvalue weighted by atomic mass is 16.5. The smallest absolute Gasteiger partial charge is 0.0749 e. The SMILES string of the molecule is CNC(CCOCCOC)c1cccc2cccnc12. The first kappa shape index (κ1) is 14.9. The van der Waals surface area contributed by atoms with Gasteiger partial charge in [-0.05, 0) is 25.1 Å². The largest absolute Gasteiger partial charge is 0.382 e. The number of methoxy groups -OCH3 is 1. The fraction of sp³-hybridized carbons (Fsp3) is 0.438. The second-order valence-corrected chi connectivity index (χ2v) is 4.66. The summed E-state index contributed by atoms with van der Waals surface area (Å²) in [6, 6.07) is 10.6. The van der Waals surface area contributed by atoms with Gasteiger partial charge in [-0.1, -0.05) is 24.3 Å². The lowest BCUT2D eigenvalue weighted by Crippen LogP contribution is -2.19. The Morgan fingerprint density at radius 3 is 2.80 bits per heavy atom. The molecule has 1 aromatic carbocycles. The van der Waals surface area contributed by atoms with Crippen molar-refractivity contribution >= 4 is 10.9 Å². The van der Waals surface area contributed by atoms with Crippen molar-refractivity contribution in [1.29, 1.82) is 0 Å². The molecule has 2 aromatic rings. The van der Waals surface area contributed by atoms with Crippen molar-refractivity contribution in [2.24, 2.45) is 0 Å². The first-order valence-electron chi connectivity index (χ1n) is 6.94. The molecule has 0 spiro atoms.